The van der Waals surface area contributed by atoms with E-state index in [0.29, 0.717) is 18.2 Å². The highest BCUT2D eigenvalue weighted by Gasteiger charge is 2.12. The molecule has 106 valence electrons. The summed E-state index contributed by atoms with van der Waals surface area (Å²) < 4.78 is 13.2. The maximum Gasteiger partial charge on any atom is 0.242 e. The zero-order valence-electron chi connectivity index (χ0n) is 11.5. The van der Waals surface area contributed by atoms with E-state index in [2.05, 4.69) is 24.5 Å². The lowest BCUT2D eigenvalue weighted by Crippen LogP contribution is -2.38. The van der Waals surface area contributed by atoms with Gasteiger partial charge in [0.25, 0.3) is 0 Å². The fraction of sp³-hybridized carbons (Fsp3) is 0.500. The van der Waals surface area contributed by atoms with Crippen LogP contribution in [0.1, 0.15) is 27.2 Å². The molecule has 0 bridgehead atoms. The lowest BCUT2D eigenvalue weighted by atomic mass is 10.1. The molecule has 0 saturated carbocycles. The third-order valence-corrected chi connectivity index (χ3v) is 3.02. The van der Waals surface area contributed by atoms with Gasteiger partial charge in [0.05, 0.1) is 5.02 Å². The highest BCUT2D eigenvalue weighted by Crippen LogP contribution is 2.19. The van der Waals surface area contributed by atoms with Crippen molar-refractivity contribution in [1.82, 2.24) is 5.32 Å². The molecule has 0 heterocycles. The first kappa shape index (κ1) is 15.8. The topological polar surface area (TPSA) is 41.1 Å². The number of halogens is 2. The van der Waals surface area contributed by atoms with Crippen LogP contribution in [-0.2, 0) is 4.79 Å². The molecule has 1 aromatic carbocycles. The summed E-state index contributed by atoms with van der Waals surface area (Å²) >= 11 is 5.60. The van der Waals surface area contributed by atoms with E-state index in [1.54, 1.807) is 13.0 Å². The van der Waals surface area contributed by atoms with Crippen LogP contribution in [0.4, 0.5) is 10.1 Å². The zero-order valence-corrected chi connectivity index (χ0v) is 12.2. The number of carbonyl (C=O) groups is 1. The van der Waals surface area contributed by atoms with Crippen molar-refractivity contribution in [3.8, 4) is 0 Å². The highest BCUT2D eigenvalue weighted by molar-refractivity contribution is 6.30. The monoisotopic (exact) mass is 286 g/mol. The van der Waals surface area contributed by atoms with Gasteiger partial charge in [0.2, 0.25) is 5.91 Å². The Labute approximate surface area is 118 Å². The molecule has 1 rings (SSSR count). The van der Waals surface area contributed by atoms with Crippen LogP contribution in [0, 0.1) is 11.7 Å². The number of nitrogens with one attached hydrogen (secondary N) is 2. The van der Waals surface area contributed by atoms with Crippen molar-refractivity contribution >= 4 is 23.2 Å². The van der Waals surface area contributed by atoms with Crippen LogP contribution in [0.5, 0.6) is 0 Å². The molecule has 0 spiro atoms. The van der Waals surface area contributed by atoms with Gasteiger partial charge in [0.1, 0.15) is 11.9 Å². The summed E-state index contributed by atoms with van der Waals surface area (Å²) in [6, 6.07) is 3.96. The molecular weight excluding hydrogens is 267 g/mol. The molecule has 0 fully saturated rings. The second kappa shape index (κ2) is 7.34. The van der Waals surface area contributed by atoms with Crippen LogP contribution >= 0.6 is 11.6 Å². The maximum atomic E-state index is 13.2. The van der Waals surface area contributed by atoms with Crippen LogP contribution in [-0.4, -0.2) is 18.5 Å². The lowest BCUT2D eigenvalue weighted by Gasteiger charge is -2.16. The van der Waals surface area contributed by atoms with E-state index in [0.717, 1.165) is 6.42 Å². The molecule has 19 heavy (non-hydrogen) atoms. The molecule has 0 aliphatic carbocycles. The smallest absolute Gasteiger partial charge is 0.242 e. The van der Waals surface area contributed by atoms with Crippen LogP contribution in [0.2, 0.25) is 5.02 Å². The molecule has 1 unspecified atom stereocenters. The van der Waals surface area contributed by atoms with E-state index >= 15 is 0 Å². The summed E-state index contributed by atoms with van der Waals surface area (Å²) in [6.45, 7) is 6.59. The van der Waals surface area contributed by atoms with Gasteiger partial charge >= 0.3 is 0 Å². The molecule has 0 aromatic heterocycles. The third-order valence-electron chi connectivity index (χ3n) is 2.72. The standard InChI is InChI=1S/C14H20ClFN2O/c1-9(2)6-7-17-14(19)10(3)18-11-4-5-12(15)13(16)8-11/h4-5,8-10,18H,6-7H2,1-3H3,(H,17,19). The predicted octanol–water partition coefficient (Wildman–Crippen LogP) is 3.44. The molecule has 1 atom stereocenters. The Kier molecular flexibility index (Phi) is 6.09. The van der Waals surface area contributed by atoms with E-state index in [-0.39, 0.29) is 10.9 Å². The number of hydrogen-bond donors (Lipinski definition) is 2. The van der Waals surface area contributed by atoms with Crippen molar-refractivity contribution in [3.63, 3.8) is 0 Å². The predicted molar refractivity (Wildman–Crippen MR) is 77.0 cm³/mol. The van der Waals surface area contributed by atoms with E-state index in [4.69, 9.17) is 11.6 Å². The minimum atomic E-state index is -0.501. The molecule has 1 amide bonds. The Bertz CT molecular complexity index is 437. The quantitative estimate of drug-likeness (QED) is 0.841. The zero-order chi connectivity index (χ0) is 14.4. The third kappa shape index (κ3) is 5.47. The van der Waals surface area contributed by atoms with Gasteiger partial charge in [0.15, 0.2) is 0 Å². The SMILES string of the molecule is CC(C)CCNC(=O)C(C)Nc1ccc(Cl)c(F)c1. The van der Waals surface area contributed by atoms with Crippen molar-refractivity contribution in [3.05, 3.63) is 29.0 Å². The summed E-state index contributed by atoms with van der Waals surface area (Å²) in [7, 11) is 0. The van der Waals surface area contributed by atoms with Gasteiger partial charge < -0.3 is 10.6 Å². The van der Waals surface area contributed by atoms with Crippen molar-refractivity contribution in [2.75, 3.05) is 11.9 Å². The summed E-state index contributed by atoms with van der Waals surface area (Å²) in [5.74, 6) is -0.0518. The lowest BCUT2D eigenvalue weighted by molar-refractivity contribution is -0.121. The van der Waals surface area contributed by atoms with Crippen LogP contribution < -0.4 is 10.6 Å². The fourth-order valence-electron chi connectivity index (χ4n) is 1.54. The fourth-order valence-corrected chi connectivity index (χ4v) is 1.66. The summed E-state index contributed by atoms with van der Waals surface area (Å²) in [4.78, 5) is 11.8. The highest BCUT2D eigenvalue weighted by atomic mass is 35.5. The largest absolute Gasteiger partial charge is 0.374 e. The van der Waals surface area contributed by atoms with Gasteiger partial charge in [-0.05, 0) is 37.5 Å². The second-order valence-electron chi connectivity index (χ2n) is 4.97. The molecule has 0 aliphatic heterocycles. The van der Waals surface area contributed by atoms with Gasteiger partial charge in [-0.3, -0.25) is 4.79 Å². The van der Waals surface area contributed by atoms with E-state index in [1.807, 2.05) is 0 Å². The van der Waals surface area contributed by atoms with Crippen LogP contribution in [0.3, 0.4) is 0 Å². The normalized spacial score (nSPS) is 12.3. The van der Waals surface area contributed by atoms with E-state index in [1.165, 1.54) is 12.1 Å². The molecule has 1 aromatic rings. The summed E-state index contributed by atoms with van der Waals surface area (Å²) in [6.07, 6.45) is 0.939. The van der Waals surface area contributed by atoms with Gasteiger partial charge in [-0.15, -0.1) is 0 Å². The Hall–Kier alpha value is -1.29. The number of rotatable bonds is 6. The Balaban J connectivity index is 2.47. The summed E-state index contributed by atoms with van der Waals surface area (Å²) in [5.41, 5.74) is 0.536. The average Bonchev–Trinajstić information content (AvgIpc) is 2.33. The number of anilines is 1. The Morgan fingerprint density at radius 3 is 2.63 bits per heavy atom. The van der Waals surface area contributed by atoms with Crippen molar-refractivity contribution < 1.29 is 9.18 Å². The minimum Gasteiger partial charge on any atom is -0.374 e. The molecule has 0 aliphatic rings. The van der Waals surface area contributed by atoms with Crippen molar-refractivity contribution in [2.45, 2.75) is 33.2 Å². The first-order chi connectivity index (χ1) is 8.90. The molecule has 5 heteroatoms. The van der Waals surface area contributed by atoms with Gasteiger partial charge in [-0.2, -0.15) is 0 Å². The van der Waals surface area contributed by atoms with Crippen LogP contribution in [0.25, 0.3) is 0 Å². The van der Waals surface area contributed by atoms with Crippen LogP contribution in [0.15, 0.2) is 18.2 Å². The minimum absolute atomic E-state index is 0.0691. The van der Waals surface area contributed by atoms with Crippen molar-refractivity contribution in [1.29, 1.82) is 0 Å². The van der Waals surface area contributed by atoms with Gasteiger partial charge in [-0.25, -0.2) is 4.39 Å². The molecule has 0 radical (unpaired) electrons. The maximum absolute atomic E-state index is 13.2. The van der Waals surface area contributed by atoms with E-state index < -0.39 is 11.9 Å². The number of benzene rings is 1. The Morgan fingerprint density at radius 1 is 1.37 bits per heavy atom. The first-order valence-corrected chi connectivity index (χ1v) is 6.77. The second-order valence-corrected chi connectivity index (χ2v) is 5.38. The molecule has 0 saturated heterocycles. The average molecular weight is 287 g/mol. The van der Waals surface area contributed by atoms with Crippen molar-refractivity contribution in [2.24, 2.45) is 5.92 Å². The summed E-state index contributed by atoms with van der Waals surface area (Å²) in [5, 5.41) is 5.84. The first-order valence-electron chi connectivity index (χ1n) is 6.39. The van der Waals surface area contributed by atoms with Gasteiger partial charge in [0, 0.05) is 12.2 Å². The van der Waals surface area contributed by atoms with E-state index in [9.17, 15) is 9.18 Å². The van der Waals surface area contributed by atoms with Gasteiger partial charge in [-0.1, -0.05) is 25.4 Å². The Morgan fingerprint density at radius 2 is 2.05 bits per heavy atom. The number of carbonyl (C=O) groups excluding carboxylic acids is 1. The molecular formula is C14H20ClFN2O. The number of hydrogen-bond acceptors (Lipinski definition) is 2. The number of amides is 1. The molecule has 3 nitrogen and oxygen atoms in total. The molecule has 2 N–H and O–H groups in total.